The third-order valence-electron chi connectivity index (χ3n) is 6.28. The Labute approximate surface area is 169 Å². The second kappa shape index (κ2) is 7.26. The van der Waals surface area contributed by atoms with Gasteiger partial charge in [0.15, 0.2) is 0 Å². The van der Waals surface area contributed by atoms with Crippen molar-refractivity contribution in [2.75, 3.05) is 19.6 Å². The van der Waals surface area contributed by atoms with E-state index in [2.05, 4.69) is 25.2 Å². The summed E-state index contributed by atoms with van der Waals surface area (Å²) in [7, 11) is 0. The van der Waals surface area contributed by atoms with Gasteiger partial charge >= 0.3 is 0 Å². The van der Waals surface area contributed by atoms with Crippen LogP contribution in [0.2, 0.25) is 0 Å². The molecule has 8 nitrogen and oxygen atoms in total. The van der Waals surface area contributed by atoms with E-state index < -0.39 is 0 Å². The highest BCUT2D eigenvalue weighted by Gasteiger charge is 2.37. The number of carbonyl (C=O) groups is 1. The molecule has 0 spiro atoms. The highest BCUT2D eigenvalue weighted by atomic mass is 16.5. The van der Waals surface area contributed by atoms with Gasteiger partial charge in [0.05, 0.1) is 5.69 Å². The van der Waals surface area contributed by atoms with Crippen LogP contribution in [0.25, 0.3) is 11.0 Å². The topological polar surface area (TPSA) is 80.3 Å². The predicted molar refractivity (Wildman–Crippen MR) is 107 cm³/mol. The second-order valence-electron chi connectivity index (χ2n) is 8.36. The quantitative estimate of drug-likeness (QED) is 0.675. The van der Waals surface area contributed by atoms with Gasteiger partial charge in [-0.15, -0.1) is 0 Å². The van der Waals surface area contributed by atoms with Gasteiger partial charge in [0.25, 0.3) is 0 Å². The lowest BCUT2D eigenvalue weighted by Gasteiger charge is -2.36. The van der Waals surface area contributed by atoms with E-state index in [1.807, 2.05) is 38.1 Å². The number of aromatic nitrogens is 4. The van der Waals surface area contributed by atoms with Crippen LogP contribution in [0.1, 0.15) is 29.9 Å². The zero-order chi connectivity index (χ0) is 20.0. The first-order valence-corrected chi connectivity index (χ1v) is 10.3. The number of carbonyl (C=O) groups excluding carboxylic acids is 1. The lowest BCUT2D eigenvalue weighted by molar-refractivity contribution is -0.136. The normalized spacial score (nSPS) is 22.3. The van der Waals surface area contributed by atoms with Crippen molar-refractivity contribution in [2.24, 2.45) is 5.92 Å². The number of fused-ring (bicyclic) bond motifs is 5. The summed E-state index contributed by atoms with van der Waals surface area (Å²) in [6.45, 7) is 7.72. The van der Waals surface area contributed by atoms with Crippen LogP contribution < -0.4 is 0 Å². The van der Waals surface area contributed by atoms with Crippen molar-refractivity contribution in [3.8, 4) is 0 Å². The molecular formula is C21H26N6O2. The monoisotopic (exact) mass is 394 g/mol. The first kappa shape index (κ1) is 18.3. The summed E-state index contributed by atoms with van der Waals surface area (Å²) in [6, 6.07) is 7.95. The number of piperidine rings is 1. The molecule has 8 heteroatoms. The van der Waals surface area contributed by atoms with Crippen LogP contribution in [0.15, 0.2) is 28.8 Å². The molecule has 0 aliphatic carbocycles. The van der Waals surface area contributed by atoms with Crippen LogP contribution >= 0.6 is 0 Å². The van der Waals surface area contributed by atoms with Gasteiger partial charge in [-0.25, -0.2) is 0 Å². The molecular weight excluding hydrogens is 368 g/mol. The molecule has 3 saturated heterocycles. The van der Waals surface area contributed by atoms with Gasteiger partial charge in [0.1, 0.15) is 23.3 Å². The third-order valence-corrected chi connectivity index (χ3v) is 6.28. The van der Waals surface area contributed by atoms with E-state index in [1.165, 1.54) is 16.8 Å². The van der Waals surface area contributed by atoms with E-state index in [9.17, 15) is 4.79 Å². The van der Waals surface area contributed by atoms with Gasteiger partial charge in [-0.2, -0.15) is 15.0 Å². The lowest BCUT2D eigenvalue weighted by atomic mass is 9.95. The smallest absolute Gasteiger partial charge is 0.246 e. The van der Waals surface area contributed by atoms with Crippen LogP contribution in [-0.4, -0.2) is 61.5 Å². The van der Waals surface area contributed by atoms with Crippen LogP contribution in [-0.2, 0) is 17.9 Å². The number of hydrogen-bond donors (Lipinski definition) is 0. The summed E-state index contributed by atoms with van der Waals surface area (Å²) in [5, 5.41) is 13.0. The van der Waals surface area contributed by atoms with Crippen LogP contribution in [0.5, 0.6) is 0 Å². The zero-order valence-electron chi connectivity index (χ0n) is 16.9. The summed E-state index contributed by atoms with van der Waals surface area (Å²) in [6.07, 6.45) is 2.24. The van der Waals surface area contributed by atoms with E-state index in [-0.39, 0.29) is 18.5 Å². The van der Waals surface area contributed by atoms with E-state index in [0.717, 1.165) is 55.1 Å². The van der Waals surface area contributed by atoms with Gasteiger partial charge in [0, 0.05) is 37.8 Å². The molecule has 6 rings (SSSR count). The molecule has 1 aromatic carbocycles. The van der Waals surface area contributed by atoms with Gasteiger partial charge in [-0.1, -0.05) is 17.3 Å². The molecule has 0 N–H and O–H groups in total. The lowest BCUT2D eigenvalue weighted by Crippen LogP contribution is -2.48. The average Bonchev–Trinajstić information content (AvgIpc) is 3.11. The van der Waals surface area contributed by atoms with Gasteiger partial charge in [-0.05, 0) is 44.7 Å². The van der Waals surface area contributed by atoms with Crippen molar-refractivity contribution in [2.45, 2.75) is 45.8 Å². The van der Waals surface area contributed by atoms with E-state index in [0.29, 0.717) is 5.92 Å². The largest absolute Gasteiger partial charge is 0.361 e. The minimum atomic E-state index is 0.110. The number of nitrogens with zero attached hydrogens (tertiary/aromatic N) is 6. The van der Waals surface area contributed by atoms with Crippen molar-refractivity contribution >= 4 is 16.9 Å². The Kier molecular flexibility index (Phi) is 4.58. The van der Waals surface area contributed by atoms with Crippen LogP contribution in [0.4, 0.5) is 0 Å². The van der Waals surface area contributed by atoms with E-state index >= 15 is 0 Å². The highest BCUT2D eigenvalue weighted by Crippen LogP contribution is 2.29. The van der Waals surface area contributed by atoms with Crippen molar-refractivity contribution in [1.29, 1.82) is 0 Å². The SMILES string of the molecule is Cc1noc(C)c1CN1C[C@@H]2CC[C@H](C1)N(C(=O)Cn1nc3ccccc3n1)C2. The Bertz CT molecular complexity index is 988. The first-order valence-electron chi connectivity index (χ1n) is 10.3. The van der Waals surface area contributed by atoms with Gasteiger partial charge < -0.3 is 9.42 Å². The summed E-state index contributed by atoms with van der Waals surface area (Å²) in [4.78, 5) is 19.2. The Balaban J connectivity index is 1.29. The molecule has 3 aromatic rings. The van der Waals surface area contributed by atoms with E-state index in [1.54, 1.807) is 0 Å². The summed E-state index contributed by atoms with van der Waals surface area (Å²) >= 11 is 0. The van der Waals surface area contributed by atoms with Crippen LogP contribution in [0.3, 0.4) is 0 Å². The molecule has 3 aliphatic heterocycles. The molecule has 2 atom stereocenters. The Morgan fingerprint density at radius 2 is 1.86 bits per heavy atom. The number of rotatable bonds is 4. The molecule has 2 bridgehead atoms. The zero-order valence-corrected chi connectivity index (χ0v) is 16.9. The Morgan fingerprint density at radius 1 is 1.10 bits per heavy atom. The van der Waals surface area contributed by atoms with Crippen molar-refractivity contribution in [3.05, 3.63) is 41.3 Å². The molecule has 0 radical (unpaired) electrons. The molecule has 1 amide bonds. The maximum Gasteiger partial charge on any atom is 0.246 e. The van der Waals surface area contributed by atoms with Crippen molar-refractivity contribution in [3.63, 3.8) is 0 Å². The number of aryl methyl sites for hydroxylation is 2. The molecule has 3 aliphatic rings. The fraction of sp³-hybridized carbons (Fsp3) is 0.524. The number of amides is 1. The van der Waals surface area contributed by atoms with Crippen molar-refractivity contribution < 1.29 is 9.32 Å². The number of hydrogen-bond acceptors (Lipinski definition) is 6. The number of benzene rings is 1. The molecule has 3 fully saturated rings. The average molecular weight is 394 g/mol. The predicted octanol–water partition coefficient (Wildman–Crippen LogP) is 2.16. The van der Waals surface area contributed by atoms with E-state index in [4.69, 9.17) is 4.52 Å². The molecule has 5 heterocycles. The van der Waals surface area contributed by atoms with Gasteiger partial charge in [-0.3, -0.25) is 9.69 Å². The fourth-order valence-electron chi connectivity index (χ4n) is 4.75. The maximum absolute atomic E-state index is 13.1. The molecule has 0 saturated carbocycles. The molecule has 29 heavy (non-hydrogen) atoms. The second-order valence-corrected chi connectivity index (χ2v) is 8.36. The minimum absolute atomic E-state index is 0.110. The van der Waals surface area contributed by atoms with Gasteiger partial charge in [0.2, 0.25) is 5.91 Å². The van der Waals surface area contributed by atoms with Crippen molar-refractivity contribution in [1.82, 2.24) is 30.0 Å². The third kappa shape index (κ3) is 3.53. The minimum Gasteiger partial charge on any atom is -0.361 e. The highest BCUT2D eigenvalue weighted by molar-refractivity contribution is 5.77. The fourth-order valence-corrected chi connectivity index (χ4v) is 4.75. The maximum atomic E-state index is 13.1. The first-order chi connectivity index (χ1) is 14.1. The molecule has 2 aromatic heterocycles. The summed E-state index contributed by atoms with van der Waals surface area (Å²) in [5.41, 5.74) is 3.78. The summed E-state index contributed by atoms with van der Waals surface area (Å²) in [5.74, 6) is 1.51. The summed E-state index contributed by atoms with van der Waals surface area (Å²) < 4.78 is 5.33. The Morgan fingerprint density at radius 3 is 2.55 bits per heavy atom. The molecule has 152 valence electrons. The standard InChI is InChI=1S/C21H26N6O2/c1-14-18(15(2)29-24-14)12-25-9-16-7-8-17(11-25)26(10-16)21(28)13-27-22-19-5-3-4-6-20(19)23-27/h3-6,16-17H,7-13H2,1-2H3/t16-,17+/m0/s1. The Hall–Kier alpha value is -2.74. The molecule has 0 unspecified atom stereocenters. The van der Waals surface area contributed by atoms with Crippen LogP contribution in [0, 0.1) is 19.8 Å².